The smallest absolute Gasteiger partial charge is 0.811 e. The summed E-state index contributed by atoms with van der Waals surface area (Å²) in [5.41, 5.74) is 5.41. The van der Waals surface area contributed by atoms with Crippen molar-refractivity contribution in [3.63, 3.8) is 0 Å². The molecule has 0 saturated carbocycles. The summed E-state index contributed by atoms with van der Waals surface area (Å²) in [6.07, 6.45) is 4.47. The maximum Gasteiger partial charge on any atom is 3.00 e. The molecule has 0 amide bonds. The fraction of sp³-hybridized carbons (Fsp3) is 0.209. The van der Waals surface area contributed by atoms with Crippen LogP contribution >= 0.6 is 0 Å². The molecular formula is C43H43IrN2. The van der Waals surface area contributed by atoms with E-state index in [2.05, 4.69) is 17.1 Å². The molecule has 0 unspecified atom stereocenters. The molecule has 0 atom stereocenters. The molecule has 0 aliphatic rings. The molecule has 1 aromatic heterocycles. The van der Waals surface area contributed by atoms with Crippen LogP contribution in [0.5, 0.6) is 0 Å². The van der Waals surface area contributed by atoms with Crippen LogP contribution in [0.3, 0.4) is 0 Å². The van der Waals surface area contributed by atoms with Crippen molar-refractivity contribution in [2.45, 2.75) is 54.6 Å². The van der Waals surface area contributed by atoms with Gasteiger partial charge in [0.2, 0.25) is 0 Å². The maximum absolute atomic E-state index is 9.27. The second-order valence-electron chi connectivity index (χ2n) is 11.5. The van der Waals surface area contributed by atoms with E-state index in [1.807, 2.05) is 82.3 Å². The summed E-state index contributed by atoms with van der Waals surface area (Å²) in [6.45, 7) is 0.501. The number of benzene rings is 4. The Morgan fingerprint density at radius 1 is 0.891 bits per heavy atom. The molecule has 0 spiro atoms. The molecule has 0 radical (unpaired) electrons. The zero-order valence-electron chi connectivity index (χ0n) is 37.3. The van der Waals surface area contributed by atoms with E-state index in [-0.39, 0.29) is 47.9 Å². The first-order valence-electron chi connectivity index (χ1n) is 20.0. The number of rotatable bonds is 7. The molecule has 4 aromatic carbocycles. The van der Waals surface area contributed by atoms with Crippen molar-refractivity contribution in [1.29, 1.82) is 0 Å². The Hall–Kier alpha value is -4.17. The molecular weight excluding hydrogens is 737 g/mol. The first kappa shape index (κ1) is 23.2. The van der Waals surface area contributed by atoms with Gasteiger partial charge in [0.25, 0.3) is 0 Å². The fourth-order valence-electron chi connectivity index (χ4n) is 4.57. The number of allylic oxidation sites excluding steroid dienone is 4. The van der Waals surface area contributed by atoms with E-state index >= 15 is 0 Å². The monoisotopic (exact) mass is 791 g/mol. The molecule has 2 nitrogen and oxygen atoms in total. The van der Waals surface area contributed by atoms with Crippen LogP contribution in [-0.2, 0) is 26.5 Å². The maximum atomic E-state index is 9.27. The van der Waals surface area contributed by atoms with Gasteiger partial charge in [-0.15, -0.1) is 70.8 Å². The van der Waals surface area contributed by atoms with Gasteiger partial charge in [-0.3, -0.25) is 0 Å². The summed E-state index contributed by atoms with van der Waals surface area (Å²) in [5.74, 6) is 0. The molecule has 0 fully saturated rings. The third-order valence-corrected chi connectivity index (χ3v) is 6.71. The first-order chi connectivity index (χ1) is 25.9. The largest absolute Gasteiger partial charge is 3.00 e. The number of nitrogens with zero attached hydrogens (tertiary/aromatic N) is 2. The molecule has 0 aliphatic carbocycles. The quantitative estimate of drug-likeness (QED) is 0.0919. The van der Waals surface area contributed by atoms with Crippen LogP contribution in [0.15, 0.2) is 115 Å². The Kier molecular flexibility index (Phi) is 8.54. The molecule has 46 heavy (non-hydrogen) atoms. The zero-order chi connectivity index (χ0) is 41.7. The van der Waals surface area contributed by atoms with Crippen molar-refractivity contribution in [3.05, 3.63) is 166 Å². The minimum absolute atomic E-state index is 0. The van der Waals surface area contributed by atoms with Crippen molar-refractivity contribution in [3.8, 4) is 22.4 Å². The predicted molar refractivity (Wildman–Crippen MR) is 194 cm³/mol. The Balaban J connectivity index is 0.000000303. The van der Waals surface area contributed by atoms with Crippen molar-refractivity contribution < 1.29 is 35.2 Å². The average Bonchev–Trinajstić information content (AvgIpc) is 3.13. The van der Waals surface area contributed by atoms with Crippen molar-refractivity contribution in [1.82, 2.24) is 4.98 Å². The van der Waals surface area contributed by atoms with Crippen molar-refractivity contribution in [2.24, 2.45) is 5.41 Å². The van der Waals surface area contributed by atoms with E-state index in [0.717, 1.165) is 28.5 Å². The minimum Gasteiger partial charge on any atom is -0.811 e. The number of aryl methyl sites for hydroxylation is 3. The average molecular weight is 791 g/mol. The van der Waals surface area contributed by atoms with Crippen LogP contribution in [0.4, 0.5) is 0 Å². The van der Waals surface area contributed by atoms with Gasteiger partial charge in [0, 0.05) is 21.3 Å². The summed E-state index contributed by atoms with van der Waals surface area (Å²) in [4.78, 5) is 4.17. The summed E-state index contributed by atoms with van der Waals surface area (Å²) >= 11 is 0. The van der Waals surface area contributed by atoms with E-state index in [1.54, 1.807) is 24.3 Å². The Morgan fingerprint density at radius 2 is 1.65 bits per heavy atom. The van der Waals surface area contributed by atoms with Crippen molar-refractivity contribution in [2.75, 3.05) is 0 Å². The number of aromatic nitrogens is 1. The topological polar surface area (TPSA) is 35.2 Å². The number of pyridine rings is 1. The standard InChI is InChI=1S/C23H25N.C20H18N.Ir/c1-18(20-8-6-5-7-9-20)16-22(14-15-24)21-12-10-19(11-13-21)17-23(2,3)4;1-14-8-11-20(21-13-14)17-10-9-16(3)19(12-17)18-7-5-4-6-15(18)2;/h5-8,10-16H,17H2,1-4H3;4-9,11-13H,1-3H3;/q-2;-1;+3/b18-16+,22-14+;;/i17D2;1D3,2D3,3D3;. The Bertz CT molecular complexity index is 2180. The third-order valence-electron chi connectivity index (χ3n) is 6.71. The molecule has 0 N–H and O–H groups in total. The molecule has 5 rings (SSSR count). The number of hydrogen-bond donors (Lipinski definition) is 0. The summed E-state index contributed by atoms with van der Waals surface area (Å²) in [7, 11) is 0. The molecule has 1 heterocycles. The Morgan fingerprint density at radius 3 is 2.28 bits per heavy atom. The van der Waals surface area contributed by atoms with Gasteiger partial charge in [0.1, 0.15) is 0 Å². The van der Waals surface area contributed by atoms with Gasteiger partial charge in [0.15, 0.2) is 0 Å². The van der Waals surface area contributed by atoms with Crippen LogP contribution in [-0.4, -0.2) is 11.2 Å². The molecule has 5 aromatic rings. The van der Waals surface area contributed by atoms with Gasteiger partial charge in [-0.25, -0.2) is 0 Å². The summed E-state index contributed by atoms with van der Waals surface area (Å²) < 4.78 is 86.1. The van der Waals surface area contributed by atoms with Gasteiger partial charge < -0.3 is 10.4 Å². The number of hydrogen-bond acceptors (Lipinski definition) is 1. The van der Waals surface area contributed by atoms with Crippen LogP contribution in [0.2, 0.25) is 0 Å². The van der Waals surface area contributed by atoms with Crippen LogP contribution in [0, 0.1) is 38.1 Å². The molecule has 0 bridgehead atoms. The van der Waals surface area contributed by atoms with Crippen LogP contribution in [0.25, 0.3) is 38.9 Å². The minimum atomic E-state index is -2.48. The van der Waals surface area contributed by atoms with Gasteiger partial charge in [-0.05, 0) is 64.6 Å². The Labute approximate surface area is 305 Å². The molecule has 0 saturated heterocycles. The van der Waals surface area contributed by atoms with Gasteiger partial charge in [-0.2, -0.15) is 6.21 Å². The third kappa shape index (κ3) is 10.4. The molecule has 0 aliphatic heterocycles. The SMILES string of the molecule is [2H]C([2H])([2H])c1ccc(-c2[c-]cc(C([2H])([2H])[2H])c(-c3ccccc3C([2H])([2H])[2H])c2)nc1.[2H]C([2H])(c1ccc(C(/C=C(\C)c2[c-]cccc2)=C/C=[N-])cc1)C(C)(C)C.[Ir+3]. The summed E-state index contributed by atoms with van der Waals surface area (Å²) in [6, 6.07) is 33.3. The van der Waals surface area contributed by atoms with Crippen LogP contribution in [0.1, 0.15) is 76.2 Å². The summed E-state index contributed by atoms with van der Waals surface area (Å²) in [5, 5.41) is 9.27. The van der Waals surface area contributed by atoms with Gasteiger partial charge in [0.05, 0.1) is 0 Å². The van der Waals surface area contributed by atoms with Gasteiger partial charge in [-0.1, -0.05) is 113 Å². The normalized spacial score (nSPS) is 16.3. The fourth-order valence-corrected chi connectivity index (χ4v) is 4.57. The molecule has 3 heteroatoms. The van der Waals surface area contributed by atoms with E-state index in [4.69, 9.17) is 15.1 Å². The predicted octanol–water partition coefficient (Wildman–Crippen LogP) is 11.3. The van der Waals surface area contributed by atoms with E-state index < -0.39 is 32.3 Å². The molecule has 234 valence electrons. The van der Waals surface area contributed by atoms with Gasteiger partial charge >= 0.3 is 20.1 Å². The van der Waals surface area contributed by atoms with E-state index in [9.17, 15) is 5.41 Å². The first-order valence-corrected chi connectivity index (χ1v) is 14.5. The van der Waals surface area contributed by atoms with E-state index in [1.165, 1.54) is 36.5 Å². The van der Waals surface area contributed by atoms with Crippen LogP contribution < -0.4 is 0 Å². The second-order valence-corrected chi connectivity index (χ2v) is 11.5. The van der Waals surface area contributed by atoms with Crippen molar-refractivity contribution >= 4 is 17.4 Å². The second kappa shape index (κ2) is 16.9. The van der Waals surface area contributed by atoms with E-state index in [0.29, 0.717) is 16.8 Å². The zero-order valence-corrected chi connectivity index (χ0v) is 28.7.